The van der Waals surface area contributed by atoms with Gasteiger partial charge in [0.2, 0.25) is 0 Å². The van der Waals surface area contributed by atoms with Crippen LogP contribution in [-0.2, 0) is 6.54 Å². The molecule has 0 aliphatic carbocycles. The molecule has 0 unspecified atom stereocenters. The number of hydrogen-bond acceptors (Lipinski definition) is 3. The Kier molecular flexibility index (Phi) is 5.50. The molecule has 3 heteroatoms. The number of hydrogen-bond donors (Lipinski definition) is 1. The number of ether oxygens (including phenoxy) is 1. The zero-order chi connectivity index (χ0) is 14.4. The molecule has 20 heavy (non-hydrogen) atoms. The second-order valence-corrected chi connectivity index (χ2v) is 5.54. The summed E-state index contributed by atoms with van der Waals surface area (Å²) in [7, 11) is 0. The molecule has 106 valence electrons. The predicted octanol–water partition coefficient (Wildman–Crippen LogP) is 4.62. The predicted molar refractivity (Wildman–Crippen MR) is 86.9 cm³/mol. The van der Waals surface area contributed by atoms with E-state index in [1.165, 1.54) is 10.5 Å². The van der Waals surface area contributed by atoms with Gasteiger partial charge in [0.25, 0.3) is 0 Å². The van der Waals surface area contributed by atoms with Gasteiger partial charge in [0, 0.05) is 11.4 Å². The molecule has 2 aromatic carbocycles. The summed E-state index contributed by atoms with van der Waals surface area (Å²) in [5.41, 5.74) is 2.45. The first-order valence-electron chi connectivity index (χ1n) is 6.85. The zero-order valence-electron chi connectivity index (χ0n) is 12.3. The molecule has 0 aliphatic heterocycles. The maximum atomic E-state index is 5.94. The lowest BCUT2D eigenvalue weighted by molar-refractivity contribution is 0.478. The molecule has 0 saturated heterocycles. The lowest BCUT2D eigenvalue weighted by atomic mass is 10.1. The number of benzene rings is 2. The average molecular weight is 287 g/mol. The van der Waals surface area contributed by atoms with Crippen LogP contribution in [0.4, 0.5) is 0 Å². The lowest BCUT2D eigenvalue weighted by Crippen LogP contribution is -2.11. The van der Waals surface area contributed by atoms with E-state index in [2.05, 4.69) is 49.7 Å². The number of thioether (sulfide) groups is 1. The fraction of sp³-hybridized carbons (Fsp3) is 0.294. The van der Waals surface area contributed by atoms with Gasteiger partial charge in [0.15, 0.2) is 0 Å². The Hall–Kier alpha value is -1.45. The van der Waals surface area contributed by atoms with Crippen LogP contribution in [0.2, 0.25) is 0 Å². The maximum absolute atomic E-state index is 5.94. The van der Waals surface area contributed by atoms with Crippen LogP contribution in [0.3, 0.4) is 0 Å². The first kappa shape index (κ1) is 14.9. The highest BCUT2D eigenvalue weighted by Crippen LogP contribution is 2.27. The summed E-state index contributed by atoms with van der Waals surface area (Å²) in [6, 6.07) is 14.5. The van der Waals surface area contributed by atoms with E-state index in [1.54, 1.807) is 11.8 Å². The Labute approximate surface area is 125 Å². The first-order chi connectivity index (χ1) is 9.72. The molecular formula is C17H21NOS. The van der Waals surface area contributed by atoms with E-state index in [0.29, 0.717) is 0 Å². The normalized spacial score (nSPS) is 10.6. The van der Waals surface area contributed by atoms with Gasteiger partial charge in [-0.2, -0.15) is 0 Å². The van der Waals surface area contributed by atoms with E-state index in [1.807, 2.05) is 18.2 Å². The van der Waals surface area contributed by atoms with Crippen LogP contribution in [0.15, 0.2) is 47.4 Å². The Morgan fingerprint density at radius 2 is 1.85 bits per heavy atom. The second kappa shape index (κ2) is 7.36. The van der Waals surface area contributed by atoms with Crippen molar-refractivity contribution in [3.63, 3.8) is 0 Å². The van der Waals surface area contributed by atoms with E-state index in [4.69, 9.17) is 4.74 Å². The van der Waals surface area contributed by atoms with Crippen molar-refractivity contribution in [1.29, 1.82) is 0 Å². The molecule has 0 bridgehead atoms. The van der Waals surface area contributed by atoms with Gasteiger partial charge in [-0.05, 0) is 61.2 Å². The minimum absolute atomic E-state index is 0.880. The third-order valence-electron chi connectivity index (χ3n) is 3.11. The van der Waals surface area contributed by atoms with E-state index in [9.17, 15) is 0 Å². The van der Waals surface area contributed by atoms with E-state index < -0.39 is 0 Å². The van der Waals surface area contributed by atoms with Crippen LogP contribution < -0.4 is 10.1 Å². The molecule has 0 spiro atoms. The van der Waals surface area contributed by atoms with Gasteiger partial charge in [-0.25, -0.2) is 0 Å². The van der Waals surface area contributed by atoms with Crippen molar-refractivity contribution in [3.05, 3.63) is 53.6 Å². The topological polar surface area (TPSA) is 21.3 Å². The van der Waals surface area contributed by atoms with Gasteiger partial charge < -0.3 is 10.1 Å². The second-order valence-electron chi connectivity index (χ2n) is 4.66. The van der Waals surface area contributed by atoms with Crippen LogP contribution in [0.1, 0.15) is 18.1 Å². The third kappa shape index (κ3) is 4.02. The van der Waals surface area contributed by atoms with Crippen LogP contribution in [-0.4, -0.2) is 12.8 Å². The smallest absolute Gasteiger partial charge is 0.130 e. The van der Waals surface area contributed by atoms with Gasteiger partial charge in [-0.1, -0.05) is 19.1 Å². The Balaban J connectivity index is 2.08. The molecule has 2 rings (SSSR count). The minimum atomic E-state index is 0.880. The third-order valence-corrected chi connectivity index (χ3v) is 3.85. The quantitative estimate of drug-likeness (QED) is 0.783. The highest BCUT2D eigenvalue weighted by atomic mass is 32.2. The van der Waals surface area contributed by atoms with Gasteiger partial charge >= 0.3 is 0 Å². The van der Waals surface area contributed by atoms with Crippen molar-refractivity contribution in [2.45, 2.75) is 25.3 Å². The molecule has 0 aliphatic rings. The number of nitrogens with one attached hydrogen (secondary N) is 1. The summed E-state index contributed by atoms with van der Waals surface area (Å²) in [4.78, 5) is 1.25. The van der Waals surface area contributed by atoms with Gasteiger partial charge in [0.1, 0.15) is 11.5 Å². The summed E-state index contributed by atoms with van der Waals surface area (Å²) in [6.45, 7) is 6.09. The highest BCUT2D eigenvalue weighted by molar-refractivity contribution is 7.98. The fourth-order valence-electron chi connectivity index (χ4n) is 1.98. The largest absolute Gasteiger partial charge is 0.457 e. The van der Waals surface area contributed by atoms with Crippen LogP contribution in [0.5, 0.6) is 11.5 Å². The molecule has 0 fully saturated rings. The average Bonchev–Trinajstić information content (AvgIpc) is 2.48. The van der Waals surface area contributed by atoms with Crippen LogP contribution >= 0.6 is 11.8 Å². The minimum Gasteiger partial charge on any atom is -0.457 e. The molecule has 0 aromatic heterocycles. The molecule has 2 aromatic rings. The molecule has 2 nitrogen and oxygen atoms in total. The van der Waals surface area contributed by atoms with Crippen molar-refractivity contribution in [1.82, 2.24) is 5.32 Å². The van der Waals surface area contributed by atoms with Crippen molar-refractivity contribution in [3.8, 4) is 11.5 Å². The van der Waals surface area contributed by atoms with Crippen molar-refractivity contribution < 1.29 is 4.74 Å². The Morgan fingerprint density at radius 3 is 2.45 bits per heavy atom. The maximum Gasteiger partial charge on any atom is 0.130 e. The summed E-state index contributed by atoms with van der Waals surface area (Å²) in [6.07, 6.45) is 2.07. The van der Waals surface area contributed by atoms with Gasteiger partial charge in [-0.15, -0.1) is 11.8 Å². The van der Waals surface area contributed by atoms with Crippen molar-refractivity contribution in [2.24, 2.45) is 0 Å². The molecule has 0 amide bonds. The van der Waals surface area contributed by atoms with Crippen LogP contribution in [0.25, 0.3) is 0 Å². The standard InChI is InChI=1S/C17H21NOS/c1-4-18-12-14-5-10-17(13(2)11-14)19-15-6-8-16(20-3)9-7-15/h5-11,18H,4,12H2,1-3H3. The Bertz CT molecular complexity index is 551. The molecule has 0 radical (unpaired) electrons. The molecule has 0 atom stereocenters. The SMILES string of the molecule is CCNCc1ccc(Oc2ccc(SC)cc2)c(C)c1. The molecule has 0 saturated carbocycles. The summed E-state index contributed by atoms with van der Waals surface area (Å²) >= 11 is 1.73. The van der Waals surface area contributed by atoms with Crippen LogP contribution in [0, 0.1) is 6.92 Å². The lowest BCUT2D eigenvalue weighted by Gasteiger charge is -2.11. The monoisotopic (exact) mass is 287 g/mol. The fourth-order valence-corrected chi connectivity index (χ4v) is 2.38. The van der Waals surface area contributed by atoms with Crippen molar-refractivity contribution >= 4 is 11.8 Å². The van der Waals surface area contributed by atoms with E-state index in [-0.39, 0.29) is 0 Å². The van der Waals surface area contributed by atoms with E-state index >= 15 is 0 Å². The van der Waals surface area contributed by atoms with Gasteiger partial charge in [0.05, 0.1) is 0 Å². The number of aryl methyl sites for hydroxylation is 1. The molecule has 1 N–H and O–H groups in total. The highest BCUT2D eigenvalue weighted by Gasteiger charge is 2.03. The zero-order valence-corrected chi connectivity index (χ0v) is 13.1. The van der Waals surface area contributed by atoms with Crippen molar-refractivity contribution in [2.75, 3.05) is 12.8 Å². The summed E-state index contributed by atoms with van der Waals surface area (Å²) < 4.78 is 5.94. The Morgan fingerprint density at radius 1 is 1.10 bits per heavy atom. The first-order valence-corrected chi connectivity index (χ1v) is 8.07. The number of rotatable bonds is 6. The molecular weight excluding hydrogens is 266 g/mol. The van der Waals surface area contributed by atoms with E-state index in [0.717, 1.165) is 30.2 Å². The van der Waals surface area contributed by atoms with Gasteiger partial charge in [-0.3, -0.25) is 0 Å². The summed E-state index contributed by atoms with van der Waals surface area (Å²) in [5, 5.41) is 3.33. The summed E-state index contributed by atoms with van der Waals surface area (Å²) in [5.74, 6) is 1.80. The molecule has 0 heterocycles.